The van der Waals surface area contributed by atoms with Gasteiger partial charge in [0.15, 0.2) is 0 Å². The monoisotopic (exact) mass is 360 g/mol. The van der Waals surface area contributed by atoms with Crippen LogP contribution in [0.3, 0.4) is 0 Å². The van der Waals surface area contributed by atoms with Crippen molar-refractivity contribution in [2.75, 3.05) is 0 Å². The Hall–Kier alpha value is -1.51. The van der Waals surface area contributed by atoms with Crippen LogP contribution in [-0.4, -0.2) is 19.3 Å². The third kappa shape index (κ3) is 3.13. The molecule has 9 heteroatoms. The van der Waals surface area contributed by atoms with Crippen molar-refractivity contribution < 1.29 is 17.6 Å². The van der Waals surface area contributed by atoms with Crippen molar-refractivity contribution in [1.29, 1.82) is 0 Å². The number of nitrogens with one attached hydrogen (secondary N) is 1. The van der Waals surface area contributed by atoms with Crippen LogP contribution in [0.4, 0.5) is 4.39 Å². The van der Waals surface area contributed by atoms with Gasteiger partial charge in [-0.2, -0.15) is 0 Å². The first kappa shape index (κ1) is 15.4. The van der Waals surface area contributed by atoms with Crippen LogP contribution in [-0.2, 0) is 10.0 Å². The van der Waals surface area contributed by atoms with Gasteiger partial charge in [0.2, 0.25) is 0 Å². The predicted molar refractivity (Wildman–Crippen MR) is 80.2 cm³/mol. The van der Waals surface area contributed by atoms with Gasteiger partial charge in [0.05, 0.1) is 14.9 Å². The number of benzene rings is 1. The highest BCUT2D eigenvalue weighted by Gasteiger charge is 2.28. The Morgan fingerprint density at radius 1 is 1.41 bits per heavy atom. The largest absolute Gasteiger partial charge is 0.284 e. The molecule has 1 fully saturated rings. The Balaban J connectivity index is 1.80. The molecule has 1 aliphatic rings. The van der Waals surface area contributed by atoms with Crippen LogP contribution in [0.25, 0.3) is 0 Å². The molecule has 0 bridgehead atoms. The topological polar surface area (TPSA) is 76.1 Å². The number of hydrogen-bond acceptors (Lipinski definition) is 5. The number of halogens is 2. The maximum Gasteiger partial charge on any atom is 0.284 e. The van der Waals surface area contributed by atoms with E-state index in [1.54, 1.807) is 0 Å². The molecule has 1 saturated carbocycles. The lowest BCUT2D eigenvalue weighted by Gasteiger charge is -2.06. The number of carbonyl (C=O) groups excluding carboxylic acids is 1. The lowest BCUT2D eigenvalue weighted by molar-refractivity contribution is 0.0977. The van der Waals surface area contributed by atoms with Gasteiger partial charge in [0, 0.05) is 11.3 Å². The quantitative estimate of drug-likeness (QED) is 0.909. The Labute approximate surface area is 135 Å². The fourth-order valence-electron chi connectivity index (χ4n) is 1.79. The van der Waals surface area contributed by atoms with Crippen molar-refractivity contribution in [3.63, 3.8) is 0 Å². The molecule has 0 unspecified atom stereocenters. The third-order valence-corrected chi connectivity index (χ3v) is 5.74. The molecule has 0 spiro atoms. The second-order valence-corrected chi connectivity index (χ2v) is 7.84. The van der Waals surface area contributed by atoms with E-state index >= 15 is 0 Å². The maximum atomic E-state index is 13.1. The van der Waals surface area contributed by atoms with Crippen molar-refractivity contribution in [2.24, 2.45) is 0 Å². The van der Waals surface area contributed by atoms with Crippen molar-refractivity contribution in [1.82, 2.24) is 9.71 Å². The van der Waals surface area contributed by atoms with Gasteiger partial charge < -0.3 is 0 Å². The van der Waals surface area contributed by atoms with Gasteiger partial charge in [-0.05, 0) is 31.0 Å². The van der Waals surface area contributed by atoms with Crippen molar-refractivity contribution in [3.05, 3.63) is 45.1 Å². The number of sulfonamides is 1. The highest BCUT2D eigenvalue weighted by molar-refractivity contribution is 7.90. The van der Waals surface area contributed by atoms with Gasteiger partial charge in [-0.3, -0.25) is 4.79 Å². The van der Waals surface area contributed by atoms with Crippen molar-refractivity contribution >= 4 is 38.9 Å². The molecule has 0 radical (unpaired) electrons. The summed E-state index contributed by atoms with van der Waals surface area (Å²) in [6, 6.07) is 2.91. The molecule has 1 heterocycles. The Kier molecular flexibility index (Phi) is 3.92. The fourth-order valence-corrected chi connectivity index (χ4v) is 3.99. The minimum atomic E-state index is -4.13. The van der Waals surface area contributed by atoms with Crippen LogP contribution in [0, 0.1) is 5.82 Å². The van der Waals surface area contributed by atoms with Crippen molar-refractivity contribution in [2.45, 2.75) is 23.7 Å². The molecule has 3 rings (SSSR count). The molecular weight excluding hydrogens is 351 g/mol. The molecule has 1 aliphatic carbocycles. The average Bonchev–Trinajstić information content (AvgIpc) is 3.18. The molecule has 1 N–H and O–H groups in total. The zero-order valence-corrected chi connectivity index (χ0v) is 13.4. The zero-order chi connectivity index (χ0) is 15.9. The normalized spacial score (nSPS) is 14.8. The van der Waals surface area contributed by atoms with Gasteiger partial charge in [0.1, 0.15) is 11.5 Å². The molecule has 1 aromatic heterocycles. The molecule has 1 aromatic carbocycles. The van der Waals surface area contributed by atoms with E-state index in [0.29, 0.717) is 5.92 Å². The van der Waals surface area contributed by atoms with E-state index in [2.05, 4.69) is 4.98 Å². The van der Waals surface area contributed by atoms with Crippen molar-refractivity contribution in [3.8, 4) is 0 Å². The second kappa shape index (κ2) is 5.60. The minimum absolute atomic E-state index is 0.0590. The number of amides is 1. The van der Waals surface area contributed by atoms with E-state index in [0.717, 1.165) is 36.0 Å². The molecule has 22 heavy (non-hydrogen) atoms. The first-order valence-corrected chi connectivity index (χ1v) is 9.08. The number of carbonyl (C=O) groups is 1. The SMILES string of the molecule is O=C(NS(=O)(=O)c1ccc(F)c(Cl)c1)c1csc(C2CC2)n1. The van der Waals surface area contributed by atoms with Gasteiger partial charge >= 0.3 is 0 Å². The first-order valence-electron chi connectivity index (χ1n) is 6.34. The Morgan fingerprint density at radius 3 is 2.77 bits per heavy atom. The predicted octanol–water partition coefficient (Wildman–Crippen LogP) is 2.93. The molecular formula is C13H10ClFN2O3S2. The van der Waals surface area contributed by atoms with E-state index in [1.165, 1.54) is 16.7 Å². The molecule has 0 aliphatic heterocycles. The number of nitrogens with zero attached hydrogens (tertiary/aromatic N) is 1. The second-order valence-electron chi connectivity index (χ2n) is 4.86. The highest BCUT2D eigenvalue weighted by Crippen LogP contribution is 2.41. The number of aromatic nitrogens is 1. The third-order valence-electron chi connectivity index (χ3n) is 3.11. The Bertz CT molecular complexity index is 847. The van der Waals surface area contributed by atoms with Gasteiger partial charge in [-0.25, -0.2) is 22.5 Å². The number of rotatable bonds is 4. The van der Waals surface area contributed by atoms with Gasteiger partial charge in [-0.1, -0.05) is 11.6 Å². The summed E-state index contributed by atoms with van der Waals surface area (Å²) < 4.78 is 39.2. The summed E-state index contributed by atoms with van der Waals surface area (Å²) in [4.78, 5) is 15.8. The smallest absolute Gasteiger partial charge is 0.266 e. The van der Waals surface area contributed by atoms with Crippen LogP contribution in [0.15, 0.2) is 28.5 Å². The van der Waals surface area contributed by atoms with Crippen LogP contribution in [0.1, 0.15) is 34.3 Å². The molecule has 2 aromatic rings. The van der Waals surface area contributed by atoms with Crippen LogP contribution in [0.2, 0.25) is 5.02 Å². The summed E-state index contributed by atoms with van der Waals surface area (Å²) in [7, 11) is -4.13. The molecule has 0 atom stereocenters. The lowest BCUT2D eigenvalue weighted by Crippen LogP contribution is -2.30. The summed E-state index contributed by atoms with van der Waals surface area (Å²) in [5.74, 6) is -1.16. The first-order chi connectivity index (χ1) is 10.4. The van der Waals surface area contributed by atoms with Gasteiger partial charge in [-0.15, -0.1) is 11.3 Å². The summed E-state index contributed by atoms with van der Waals surface area (Å²) in [6.07, 6.45) is 2.09. The zero-order valence-electron chi connectivity index (χ0n) is 11.0. The van der Waals surface area contributed by atoms with Gasteiger partial charge in [0.25, 0.3) is 15.9 Å². The summed E-state index contributed by atoms with van der Waals surface area (Å²) in [5, 5.41) is 2.03. The van der Waals surface area contributed by atoms with E-state index < -0.39 is 21.7 Å². The number of hydrogen-bond donors (Lipinski definition) is 1. The molecule has 1 amide bonds. The van der Waals surface area contributed by atoms with E-state index in [9.17, 15) is 17.6 Å². The maximum absolute atomic E-state index is 13.1. The average molecular weight is 361 g/mol. The lowest BCUT2D eigenvalue weighted by atomic mass is 10.3. The Morgan fingerprint density at radius 2 is 2.14 bits per heavy atom. The molecule has 5 nitrogen and oxygen atoms in total. The number of thiazole rings is 1. The summed E-state index contributed by atoms with van der Waals surface area (Å²) in [5.41, 5.74) is 0.0590. The van der Waals surface area contributed by atoms with Crippen LogP contribution >= 0.6 is 22.9 Å². The van der Waals surface area contributed by atoms with E-state index in [1.807, 2.05) is 4.72 Å². The summed E-state index contributed by atoms with van der Waals surface area (Å²) >= 11 is 6.89. The van der Waals surface area contributed by atoms with Crippen LogP contribution in [0.5, 0.6) is 0 Å². The van der Waals surface area contributed by atoms with Crippen LogP contribution < -0.4 is 4.72 Å². The van der Waals surface area contributed by atoms with E-state index in [4.69, 9.17) is 11.6 Å². The minimum Gasteiger partial charge on any atom is -0.266 e. The highest BCUT2D eigenvalue weighted by atomic mass is 35.5. The summed E-state index contributed by atoms with van der Waals surface area (Å²) in [6.45, 7) is 0. The standard InChI is InChI=1S/C13H10ClFN2O3S2/c14-9-5-8(3-4-10(9)15)22(19,20)17-12(18)11-6-21-13(16-11)7-1-2-7/h3-7H,1-2H2,(H,17,18). The van der Waals surface area contributed by atoms with E-state index in [-0.39, 0.29) is 15.6 Å². The molecule has 116 valence electrons. The molecule has 0 saturated heterocycles. The fraction of sp³-hybridized carbons (Fsp3) is 0.231.